The second-order valence-corrected chi connectivity index (χ2v) is 4.61. The van der Waals surface area contributed by atoms with Gasteiger partial charge in [0, 0.05) is 18.3 Å². The first-order valence-corrected chi connectivity index (χ1v) is 6.25. The fourth-order valence-electron chi connectivity index (χ4n) is 2.58. The van der Waals surface area contributed by atoms with Gasteiger partial charge >= 0.3 is 5.97 Å². The van der Waals surface area contributed by atoms with Gasteiger partial charge in [0.15, 0.2) is 5.76 Å². The number of hydrogen-bond acceptors (Lipinski definition) is 4. The molecular weight excluding hydrogens is 244 g/mol. The van der Waals surface area contributed by atoms with Crippen LogP contribution in [0, 0.1) is 0 Å². The zero-order valence-electron chi connectivity index (χ0n) is 10.4. The smallest absolute Gasteiger partial charge is 0.336 e. The first-order valence-electron chi connectivity index (χ1n) is 6.25. The summed E-state index contributed by atoms with van der Waals surface area (Å²) >= 11 is 0. The number of carboxylic acids is 1. The van der Waals surface area contributed by atoms with Gasteiger partial charge in [0.1, 0.15) is 0 Å². The Balaban J connectivity index is 1.96. The molecule has 0 spiro atoms. The van der Waals surface area contributed by atoms with Crippen molar-refractivity contribution >= 4 is 11.7 Å². The van der Waals surface area contributed by atoms with Crippen LogP contribution in [-0.2, 0) is 13.0 Å². The molecule has 0 bridgehead atoms. The average Bonchev–Trinajstić information content (AvgIpc) is 2.91. The number of benzene rings is 1. The van der Waals surface area contributed by atoms with E-state index in [0.29, 0.717) is 12.1 Å². The van der Waals surface area contributed by atoms with Crippen molar-refractivity contribution < 1.29 is 14.4 Å². The predicted octanol–water partition coefficient (Wildman–Crippen LogP) is 2.33. The summed E-state index contributed by atoms with van der Waals surface area (Å²) in [6, 6.07) is 7.26. The topological polar surface area (TPSA) is 66.6 Å². The molecule has 0 atom stereocenters. The lowest BCUT2D eigenvalue weighted by Gasteiger charge is -2.31. The van der Waals surface area contributed by atoms with Crippen molar-refractivity contribution in [2.24, 2.45) is 0 Å². The molecule has 0 saturated heterocycles. The summed E-state index contributed by atoms with van der Waals surface area (Å²) < 4.78 is 5.12. The Morgan fingerprint density at radius 3 is 3.05 bits per heavy atom. The van der Waals surface area contributed by atoms with E-state index in [1.807, 2.05) is 12.1 Å². The number of fused-ring (bicyclic) bond motifs is 1. The molecule has 19 heavy (non-hydrogen) atoms. The van der Waals surface area contributed by atoms with Crippen LogP contribution in [0.4, 0.5) is 5.69 Å². The van der Waals surface area contributed by atoms with Crippen LogP contribution in [0.25, 0.3) is 0 Å². The summed E-state index contributed by atoms with van der Waals surface area (Å²) in [5, 5.41) is 12.9. The number of anilines is 1. The largest absolute Gasteiger partial charge is 0.478 e. The Kier molecular flexibility index (Phi) is 2.95. The quantitative estimate of drug-likeness (QED) is 0.915. The zero-order chi connectivity index (χ0) is 13.2. The number of carbonyl (C=O) groups is 1. The third kappa shape index (κ3) is 2.19. The molecule has 0 fully saturated rings. The van der Waals surface area contributed by atoms with Crippen LogP contribution in [0.5, 0.6) is 0 Å². The fraction of sp³-hybridized carbons (Fsp3) is 0.286. The molecule has 98 valence electrons. The lowest BCUT2D eigenvalue weighted by atomic mass is 9.96. The lowest BCUT2D eigenvalue weighted by Crippen LogP contribution is -2.29. The highest BCUT2D eigenvalue weighted by atomic mass is 16.5. The summed E-state index contributed by atoms with van der Waals surface area (Å²) in [5.41, 5.74) is 2.31. The minimum atomic E-state index is -0.863. The molecule has 1 aromatic heterocycles. The summed E-state index contributed by atoms with van der Waals surface area (Å²) in [6.45, 7) is 1.52. The van der Waals surface area contributed by atoms with Crippen LogP contribution in [0.3, 0.4) is 0 Å². The molecule has 1 N–H and O–H groups in total. The Hall–Kier alpha value is -2.30. The fourth-order valence-corrected chi connectivity index (χ4v) is 2.58. The minimum absolute atomic E-state index is 0.403. The van der Waals surface area contributed by atoms with E-state index in [4.69, 9.17) is 4.52 Å². The second kappa shape index (κ2) is 4.76. The van der Waals surface area contributed by atoms with Gasteiger partial charge in [-0.05, 0) is 30.5 Å². The minimum Gasteiger partial charge on any atom is -0.478 e. The summed E-state index contributed by atoms with van der Waals surface area (Å²) in [4.78, 5) is 13.4. The first-order chi connectivity index (χ1) is 9.25. The molecule has 3 rings (SSSR count). The Labute approximate surface area is 110 Å². The molecule has 1 aromatic carbocycles. The molecule has 0 aliphatic carbocycles. The molecule has 1 aliphatic rings. The summed E-state index contributed by atoms with van der Waals surface area (Å²) in [5.74, 6) is -0.0769. The molecular formula is C14H14N2O3. The van der Waals surface area contributed by atoms with Crippen LogP contribution in [0.1, 0.15) is 28.1 Å². The van der Waals surface area contributed by atoms with Gasteiger partial charge in [-0.2, -0.15) is 0 Å². The number of hydrogen-bond donors (Lipinski definition) is 1. The van der Waals surface area contributed by atoms with Crippen molar-refractivity contribution in [3.8, 4) is 0 Å². The van der Waals surface area contributed by atoms with E-state index in [2.05, 4.69) is 10.1 Å². The van der Waals surface area contributed by atoms with E-state index < -0.39 is 5.97 Å². The van der Waals surface area contributed by atoms with Gasteiger partial charge in [-0.3, -0.25) is 0 Å². The first kappa shape index (κ1) is 11.8. The van der Waals surface area contributed by atoms with Crippen molar-refractivity contribution in [3.63, 3.8) is 0 Å². The maximum absolute atomic E-state index is 11.2. The number of carboxylic acid groups (broad SMARTS) is 1. The van der Waals surface area contributed by atoms with Gasteiger partial charge in [-0.1, -0.05) is 11.2 Å². The maximum Gasteiger partial charge on any atom is 0.336 e. The Morgan fingerprint density at radius 1 is 1.42 bits per heavy atom. The molecule has 0 unspecified atom stereocenters. The van der Waals surface area contributed by atoms with E-state index in [-0.39, 0.29) is 0 Å². The standard InChI is InChI=1S/C14H14N2O3/c17-14(18)12-3-1-5-13-11(12)4-2-8-16(13)9-10-6-7-15-19-10/h1,3,5-7H,2,4,8-9H2,(H,17,18). The third-order valence-electron chi connectivity index (χ3n) is 3.42. The molecule has 1 aliphatic heterocycles. The number of rotatable bonds is 3. The number of aromatic nitrogens is 1. The lowest BCUT2D eigenvalue weighted by molar-refractivity contribution is 0.0695. The third-order valence-corrected chi connectivity index (χ3v) is 3.42. The maximum atomic E-state index is 11.2. The second-order valence-electron chi connectivity index (χ2n) is 4.61. The van der Waals surface area contributed by atoms with Crippen LogP contribution in [0.2, 0.25) is 0 Å². The van der Waals surface area contributed by atoms with E-state index in [0.717, 1.165) is 36.4 Å². The van der Waals surface area contributed by atoms with Crippen LogP contribution in [0.15, 0.2) is 35.0 Å². The van der Waals surface area contributed by atoms with Gasteiger partial charge in [0.05, 0.1) is 18.3 Å². The highest BCUT2D eigenvalue weighted by Crippen LogP contribution is 2.31. The van der Waals surface area contributed by atoms with Gasteiger partial charge in [0.25, 0.3) is 0 Å². The highest BCUT2D eigenvalue weighted by Gasteiger charge is 2.22. The van der Waals surface area contributed by atoms with Crippen molar-refractivity contribution in [3.05, 3.63) is 47.3 Å². The molecule has 0 amide bonds. The molecule has 5 nitrogen and oxygen atoms in total. The van der Waals surface area contributed by atoms with E-state index in [1.54, 1.807) is 18.3 Å². The van der Waals surface area contributed by atoms with Gasteiger partial charge < -0.3 is 14.5 Å². The van der Waals surface area contributed by atoms with E-state index in [9.17, 15) is 9.90 Å². The predicted molar refractivity (Wildman–Crippen MR) is 69.3 cm³/mol. The Bertz CT molecular complexity index is 593. The highest BCUT2D eigenvalue weighted by molar-refractivity contribution is 5.91. The van der Waals surface area contributed by atoms with Gasteiger partial charge in [-0.15, -0.1) is 0 Å². The van der Waals surface area contributed by atoms with Crippen molar-refractivity contribution in [1.29, 1.82) is 0 Å². The van der Waals surface area contributed by atoms with Crippen molar-refractivity contribution in [1.82, 2.24) is 5.16 Å². The van der Waals surface area contributed by atoms with Crippen molar-refractivity contribution in [2.45, 2.75) is 19.4 Å². The molecule has 0 saturated carbocycles. The summed E-state index contributed by atoms with van der Waals surface area (Å²) in [6.07, 6.45) is 3.38. The number of nitrogens with zero attached hydrogens (tertiary/aromatic N) is 2. The van der Waals surface area contributed by atoms with Gasteiger partial charge in [-0.25, -0.2) is 4.79 Å². The zero-order valence-corrected chi connectivity index (χ0v) is 10.4. The van der Waals surface area contributed by atoms with Crippen LogP contribution < -0.4 is 4.90 Å². The molecule has 5 heteroatoms. The monoisotopic (exact) mass is 258 g/mol. The van der Waals surface area contributed by atoms with E-state index >= 15 is 0 Å². The normalized spacial score (nSPS) is 14.2. The molecule has 2 aromatic rings. The molecule has 2 heterocycles. The van der Waals surface area contributed by atoms with Gasteiger partial charge in [0.2, 0.25) is 0 Å². The number of aromatic carboxylic acids is 1. The van der Waals surface area contributed by atoms with Crippen LogP contribution >= 0.6 is 0 Å². The van der Waals surface area contributed by atoms with Crippen molar-refractivity contribution in [2.75, 3.05) is 11.4 Å². The average molecular weight is 258 g/mol. The van der Waals surface area contributed by atoms with Crippen LogP contribution in [-0.4, -0.2) is 22.8 Å². The SMILES string of the molecule is O=C(O)c1cccc2c1CCCN2Cc1ccno1. The summed E-state index contributed by atoms with van der Waals surface area (Å²) in [7, 11) is 0. The molecule has 0 radical (unpaired) electrons. The van der Waals surface area contributed by atoms with E-state index in [1.165, 1.54) is 0 Å². The Morgan fingerprint density at radius 2 is 2.32 bits per heavy atom.